The van der Waals surface area contributed by atoms with Crippen LogP contribution in [0, 0.1) is 6.92 Å². The second-order valence-corrected chi connectivity index (χ2v) is 6.96. The molecular weight excluding hydrogens is 290 g/mol. The summed E-state index contributed by atoms with van der Waals surface area (Å²) in [6, 6.07) is 7.89. The first-order chi connectivity index (χ1) is 10.9. The molecule has 0 aliphatic carbocycles. The molecule has 1 amide bonds. The van der Waals surface area contributed by atoms with Crippen molar-refractivity contribution in [2.45, 2.75) is 52.2 Å². The van der Waals surface area contributed by atoms with E-state index in [-0.39, 0.29) is 17.6 Å². The van der Waals surface area contributed by atoms with E-state index in [2.05, 4.69) is 13.8 Å². The Morgan fingerprint density at radius 3 is 2.83 bits per heavy atom. The van der Waals surface area contributed by atoms with Gasteiger partial charge in [-0.25, -0.2) is 0 Å². The van der Waals surface area contributed by atoms with Gasteiger partial charge in [0.15, 0.2) is 0 Å². The van der Waals surface area contributed by atoms with Crippen molar-refractivity contribution in [2.75, 3.05) is 13.2 Å². The first-order valence-corrected chi connectivity index (χ1v) is 8.35. The largest absolute Gasteiger partial charge is 0.461 e. The fourth-order valence-electron chi connectivity index (χ4n) is 3.51. The van der Waals surface area contributed by atoms with E-state index in [9.17, 15) is 4.79 Å². The maximum absolute atomic E-state index is 13.0. The lowest BCUT2D eigenvalue weighted by atomic mass is 9.92. The Balaban J connectivity index is 1.85. The van der Waals surface area contributed by atoms with Gasteiger partial charge in [0.25, 0.3) is 5.91 Å². The molecule has 2 aromatic rings. The lowest BCUT2D eigenvalue weighted by Crippen LogP contribution is -2.48. The van der Waals surface area contributed by atoms with Crippen molar-refractivity contribution in [1.29, 1.82) is 0 Å². The van der Waals surface area contributed by atoms with Gasteiger partial charge in [0.2, 0.25) is 0 Å². The fraction of sp³-hybridized carbons (Fsp3) is 0.526. The summed E-state index contributed by atoms with van der Waals surface area (Å²) in [5, 5.41) is 0.983. The summed E-state index contributed by atoms with van der Waals surface area (Å²) in [4.78, 5) is 15.0. The number of rotatable bonds is 3. The number of fused-ring (bicyclic) bond motifs is 1. The average molecular weight is 315 g/mol. The molecule has 4 heteroatoms. The van der Waals surface area contributed by atoms with E-state index < -0.39 is 0 Å². The van der Waals surface area contributed by atoms with Crippen molar-refractivity contribution in [3.8, 4) is 0 Å². The summed E-state index contributed by atoms with van der Waals surface area (Å²) in [5.74, 6) is 0.957. The zero-order valence-corrected chi connectivity index (χ0v) is 14.4. The number of amides is 1. The molecule has 0 saturated carbocycles. The van der Waals surface area contributed by atoms with Crippen molar-refractivity contribution in [3.05, 3.63) is 35.6 Å². The molecule has 1 atom stereocenters. The van der Waals surface area contributed by atoms with Crippen LogP contribution in [0.25, 0.3) is 11.0 Å². The maximum Gasteiger partial charge on any atom is 0.254 e. The third-order valence-electron chi connectivity index (χ3n) is 4.60. The number of furan rings is 1. The number of ether oxygens (including phenoxy) is 1. The topological polar surface area (TPSA) is 42.7 Å². The summed E-state index contributed by atoms with van der Waals surface area (Å²) in [7, 11) is 0. The Bertz CT molecular complexity index is 716. The van der Waals surface area contributed by atoms with Gasteiger partial charge in [-0.15, -0.1) is 0 Å². The van der Waals surface area contributed by atoms with Gasteiger partial charge in [-0.2, -0.15) is 0 Å². The highest BCUT2D eigenvalue weighted by molar-refractivity contribution is 5.98. The van der Waals surface area contributed by atoms with E-state index in [1.165, 1.54) is 0 Å². The van der Waals surface area contributed by atoms with Crippen molar-refractivity contribution >= 4 is 16.9 Å². The summed E-state index contributed by atoms with van der Waals surface area (Å²) < 4.78 is 11.4. The van der Waals surface area contributed by atoms with Crippen molar-refractivity contribution in [2.24, 2.45) is 0 Å². The van der Waals surface area contributed by atoms with E-state index >= 15 is 0 Å². The highest BCUT2D eigenvalue weighted by Crippen LogP contribution is 2.29. The molecule has 0 N–H and O–H groups in total. The van der Waals surface area contributed by atoms with E-state index in [4.69, 9.17) is 9.15 Å². The monoisotopic (exact) mass is 315 g/mol. The standard InChI is InChI=1S/C19H25NO3/c1-5-20(16-8-9-22-19(3,4)12-16)18(21)14-6-7-17-15(11-14)10-13(2)23-17/h6-7,10-11,16H,5,8-9,12H2,1-4H3. The summed E-state index contributed by atoms with van der Waals surface area (Å²) >= 11 is 0. The first kappa shape index (κ1) is 16.1. The molecule has 2 heterocycles. The molecule has 1 fully saturated rings. The van der Waals surface area contributed by atoms with E-state index in [0.717, 1.165) is 35.1 Å². The molecule has 1 saturated heterocycles. The minimum Gasteiger partial charge on any atom is -0.461 e. The summed E-state index contributed by atoms with van der Waals surface area (Å²) in [5.41, 5.74) is 1.39. The van der Waals surface area contributed by atoms with E-state index in [0.29, 0.717) is 13.2 Å². The minimum absolute atomic E-state index is 0.0935. The van der Waals surface area contributed by atoms with Crippen molar-refractivity contribution in [1.82, 2.24) is 4.90 Å². The predicted molar refractivity (Wildman–Crippen MR) is 90.7 cm³/mol. The van der Waals surface area contributed by atoms with E-state index in [1.54, 1.807) is 0 Å². The number of carbonyl (C=O) groups excluding carboxylic acids is 1. The van der Waals surface area contributed by atoms with Gasteiger partial charge < -0.3 is 14.1 Å². The lowest BCUT2D eigenvalue weighted by molar-refractivity contribution is -0.0777. The molecule has 23 heavy (non-hydrogen) atoms. The van der Waals surface area contributed by atoms with Crippen LogP contribution in [0.2, 0.25) is 0 Å². The molecule has 0 radical (unpaired) electrons. The molecular formula is C19H25NO3. The molecule has 1 aliphatic heterocycles. The molecule has 3 rings (SSSR count). The van der Waals surface area contributed by atoms with Crippen molar-refractivity contribution < 1.29 is 13.9 Å². The Labute approximate surface area is 137 Å². The van der Waals surface area contributed by atoms with Gasteiger partial charge >= 0.3 is 0 Å². The smallest absolute Gasteiger partial charge is 0.254 e. The highest BCUT2D eigenvalue weighted by Gasteiger charge is 2.34. The van der Waals surface area contributed by atoms with Gasteiger partial charge in [-0.1, -0.05) is 0 Å². The second kappa shape index (κ2) is 6.00. The van der Waals surface area contributed by atoms with Crippen LogP contribution in [0.5, 0.6) is 0 Å². The number of aryl methyl sites for hydroxylation is 1. The molecule has 1 aromatic heterocycles. The van der Waals surface area contributed by atoms with Crippen LogP contribution in [-0.4, -0.2) is 35.6 Å². The minimum atomic E-state index is -0.164. The second-order valence-electron chi connectivity index (χ2n) is 6.96. The Hall–Kier alpha value is -1.81. The van der Waals surface area contributed by atoms with Crippen LogP contribution in [0.1, 0.15) is 49.7 Å². The molecule has 1 aromatic carbocycles. The number of benzene rings is 1. The zero-order chi connectivity index (χ0) is 16.6. The van der Waals surface area contributed by atoms with Gasteiger partial charge in [0.1, 0.15) is 11.3 Å². The van der Waals surface area contributed by atoms with Crippen LogP contribution < -0.4 is 0 Å². The highest BCUT2D eigenvalue weighted by atomic mass is 16.5. The predicted octanol–water partition coefficient (Wildman–Crippen LogP) is 4.16. The fourth-order valence-corrected chi connectivity index (χ4v) is 3.51. The number of hydrogen-bond acceptors (Lipinski definition) is 3. The number of carbonyl (C=O) groups is 1. The normalized spacial score (nSPS) is 20.6. The Kier molecular flexibility index (Phi) is 4.19. The third-order valence-corrected chi connectivity index (χ3v) is 4.60. The van der Waals surface area contributed by atoms with Crippen LogP contribution in [0.3, 0.4) is 0 Å². The van der Waals surface area contributed by atoms with Crippen LogP contribution in [-0.2, 0) is 4.74 Å². The maximum atomic E-state index is 13.0. The molecule has 0 spiro atoms. The van der Waals surface area contributed by atoms with Crippen LogP contribution in [0.15, 0.2) is 28.7 Å². The third kappa shape index (κ3) is 3.27. The average Bonchev–Trinajstić information content (AvgIpc) is 2.86. The molecule has 1 unspecified atom stereocenters. The van der Waals surface area contributed by atoms with Gasteiger partial charge in [0, 0.05) is 30.1 Å². The Morgan fingerprint density at radius 2 is 2.13 bits per heavy atom. The molecule has 4 nitrogen and oxygen atoms in total. The summed E-state index contributed by atoms with van der Waals surface area (Å²) in [6.07, 6.45) is 1.77. The van der Waals surface area contributed by atoms with Crippen LogP contribution >= 0.6 is 0 Å². The molecule has 124 valence electrons. The molecule has 1 aliphatic rings. The van der Waals surface area contributed by atoms with Gasteiger partial charge in [-0.3, -0.25) is 4.79 Å². The quantitative estimate of drug-likeness (QED) is 0.854. The Morgan fingerprint density at radius 1 is 1.35 bits per heavy atom. The lowest BCUT2D eigenvalue weighted by Gasteiger charge is -2.41. The van der Waals surface area contributed by atoms with Crippen LogP contribution in [0.4, 0.5) is 0 Å². The van der Waals surface area contributed by atoms with Gasteiger partial charge in [-0.05, 0) is 64.8 Å². The first-order valence-electron chi connectivity index (χ1n) is 8.35. The van der Waals surface area contributed by atoms with Crippen molar-refractivity contribution in [3.63, 3.8) is 0 Å². The summed E-state index contributed by atoms with van der Waals surface area (Å²) in [6.45, 7) is 9.57. The number of nitrogens with zero attached hydrogens (tertiary/aromatic N) is 1. The number of hydrogen-bond donors (Lipinski definition) is 0. The SMILES string of the molecule is CCN(C(=O)c1ccc2oc(C)cc2c1)C1CCOC(C)(C)C1. The zero-order valence-electron chi connectivity index (χ0n) is 14.4. The molecule has 0 bridgehead atoms. The van der Waals surface area contributed by atoms with Gasteiger partial charge in [0.05, 0.1) is 5.60 Å². The van der Waals surface area contributed by atoms with E-state index in [1.807, 2.05) is 43.0 Å².